The van der Waals surface area contributed by atoms with Crippen molar-refractivity contribution in [2.75, 3.05) is 46.5 Å². The minimum atomic E-state index is -0.672. The molecule has 11 heteroatoms. The molecule has 1 aromatic heterocycles. The third kappa shape index (κ3) is 5.28. The number of carbonyl (C=O) groups excluding carboxylic acids is 3. The summed E-state index contributed by atoms with van der Waals surface area (Å²) in [7, 11) is 1.23. The Morgan fingerprint density at radius 3 is 2.63 bits per heavy atom. The van der Waals surface area contributed by atoms with E-state index in [4.69, 9.17) is 14.2 Å². The molecule has 0 unspecified atom stereocenters. The maximum absolute atomic E-state index is 13.9. The first-order valence-corrected chi connectivity index (χ1v) is 11.3. The molecule has 2 aromatic rings. The van der Waals surface area contributed by atoms with E-state index in [-0.39, 0.29) is 80.8 Å². The molecule has 4 rings (SSSR count). The van der Waals surface area contributed by atoms with Gasteiger partial charge in [0.05, 0.1) is 20.3 Å². The van der Waals surface area contributed by atoms with Crippen molar-refractivity contribution >= 4 is 18.0 Å². The predicted octanol–water partition coefficient (Wildman–Crippen LogP) is 1.23. The van der Waals surface area contributed by atoms with Crippen LogP contribution in [0.1, 0.15) is 21.6 Å². The Bertz CT molecular complexity index is 1200. The molecule has 0 N–H and O–H groups in total. The van der Waals surface area contributed by atoms with E-state index in [1.807, 2.05) is 0 Å². The number of nitrogens with zero attached hydrogens (tertiary/aromatic N) is 3. The van der Waals surface area contributed by atoms with Gasteiger partial charge in [0.2, 0.25) is 5.91 Å². The van der Waals surface area contributed by atoms with Gasteiger partial charge in [-0.15, -0.1) is 0 Å². The summed E-state index contributed by atoms with van der Waals surface area (Å²) in [6, 6.07) is 7.51. The number of halogens is 1. The lowest BCUT2D eigenvalue weighted by Crippen LogP contribution is -2.42. The van der Waals surface area contributed by atoms with Crippen LogP contribution < -0.4 is 10.3 Å². The van der Waals surface area contributed by atoms with Crippen molar-refractivity contribution in [3.8, 4) is 5.75 Å². The summed E-state index contributed by atoms with van der Waals surface area (Å²) >= 11 is 0. The molecule has 2 aliphatic rings. The summed E-state index contributed by atoms with van der Waals surface area (Å²) in [5.41, 5.74) is 0.583. The molecule has 2 aliphatic heterocycles. The number of hydrogen-bond acceptors (Lipinski definition) is 7. The second-order valence-electron chi connectivity index (χ2n) is 8.17. The van der Waals surface area contributed by atoms with Gasteiger partial charge in [0, 0.05) is 44.2 Å². The van der Waals surface area contributed by atoms with Crippen LogP contribution >= 0.6 is 0 Å². The maximum atomic E-state index is 13.9. The molecule has 0 atom stereocenters. The lowest BCUT2D eigenvalue weighted by Gasteiger charge is -2.22. The molecular formula is C24H26FN3O7. The quantitative estimate of drug-likeness (QED) is 0.541. The van der Waals surface area contributed by atoms with Gasteiger partial charge in [-0.3, -0.25) is 14.5 Å². The van der Waals surface area contributed by atoms with Gasteiger partial charge in [-0.05, 0) is 11.6 Å². The number of benzene rings is 1. The number of amides is 2. The van der Waals surface area contributed by atoms with Crippen molar-refractivity contribution < 1.29 is 33.0 Å². The Morgan fingerprint density at radius 1 is 1.11 bits per heavy atom. The van der Waals surface area contributed by atoms with E-state index in [9.17, 15) is 23.6 Å². The van der Waals surface area contributed by atoms with E-state index >= 15 is 0 Å². The van der Waals surface area contributed by atoms with E-state index in [0.717, 1.165) is 0 Å². The molecule has 1 saturated heterocycles. The van der Waals surface area contributed by atoms with E-state index < -0.39 is 12.1 Å². The highest BCUT2D eigenvalue weighted by Gasteiger charge is 2.30. The third-order valence-electron chi connectivity index (χ3n) is 6.09. The van der Waals surface area contributed by atoms with Crippen LogP contribution in [0.3, 0.4) is 0 Å². The van der Waals surface area contributed by atoms with Crippen LogP contribution in [0.25, 0.3) is 0 Å². The molecule has 35 heavy (non-hydrogen) atoms. The van der Waals surface area contributed by atoms with Gasteiger partial charge >= 0.3 is 12.1 Å². The number of ether oxygens (including phenoxy) is 3. The Hall–Kier alpha value is -3.89. The molecular weight excluding hydrogens is 461 g/mol. The lowest BCUT2D eigenvalue weighted by molar-refractivity contribution is -0.131. The second kappa shape index (κ2) is 10.6. The monoisotopic (exact) mass is 487 g/mol. The number of esters is 1. The summed E-state index contributed by atoms with van der Waals surface area (Å²) in [4.78, 5) is 52.9. The molecule has 0 radical (unpaired) electrons. The van der Waals surface area contributed by atoms with Crippen molar-refractivity contribution in [3.63, 3.8) is 0 Å². The van der Waals surface area contributed by atoms with Crippen LogP contribution in [0, 0.1) is 5.82 Å². The molecule has 0 aliphatic carbocycles. The number of rotatable bonds is 7. The van der Waals surface area contributed by atoms with Crippen LogP contribution in [0.5, 0.6) is 5.75 Å². The van der Waals surface area contributed by atoms with Gasteiger partial charge in [-0.25, -0.2) is 14.0 Å². The first-order chi connectivity index (χ1) is 16.9. The van der Waals surface area contributed by atoms with Crippen molar-refractivity contribution in [2.45, 2.75) is 19.4 Å². The van der Waals surface area contributed by atoms with Crippen molar-refractivity contribution in [1.82, 2.24) is 14.4 Å². The summed E-state index contributed by atoms with van der Waals surface area (Å²) in [5, 5.41) is 0. The molecule has 0 bridgehead atoms. The second-order valence-corrected chi connectivity index (χ2v) is 8.17. The Morgan fingerprint density at radius 2 is 1.91 bits per heavy atom. The molecule has 1 aromatic carbocycles. The zero-order valence-electron chi connectivity index (χ0n) is 19.3. The standard InChI is InChI=1S/C24H26FN3O7/c1-33-23(31)22-18-6-8-26(21(30)15-27-11-13-35-24(27)32)9-10-28(18)20(29)14-19(22)34-12-7-16-4-2-3-5-17(16)25/h2-5,14H,6-13,15H2,1H3. The van der Waals surface area contributed by atoms with Gasteiger partial charge < -0.3 is 23.7 Å². The number of methoxy groups -OCH3 is 1. The fraction of sp³-hybridized carbons (Fsp3) is 0.417. The topological polar surface area (TPSA) is 107 Å². The fourth-order valence-electron chi connectivity index (χ4n) is 4.24. The highest BCUT2D eigenvalue weighted by atomic mass is 19.1. The average molecular weight is 487 g/mol. The van der Waals surface area contributed by atoms with Crippen LogP contribution in [0.2, 0.25) is 0 Å². The number of carbonyl (C=O) groups is 3. The van der Waals surface area contributed by atoms with E-state index in [1.54, 1.807) is 23.1 Å². The minimum Gasteiger partial charge on any atom is -0.492 e. The SMILES string of the molecule is COC(=O)c1c(OCCc2ccccc2F)cc(=O)n2c1CCN(C(=O)CN1CCOC1=O)CC2. The van der Waals surface area contributed by atoms with Gasteiger partial charge in [-0.1, -0.05) is 18.2 Å². The molecule has 1 fully saturated rings. The normalized spacial score (nSPS) is 15.3. The van der Waals surface area contributed by atoms with Gasteiger partial charge in [0.15, 0.2) is 0 Å². The van der Waals surface area contributed by atoms with Gasteiger partial charge in [-0.2, -0.15) is 0 Å². The van der Waals surface area contributed by atoms with E-state index in [2.05, 4.69) is 0 Å². The minimum absolute atomic E-state index is 0.0460. The predicted molar refractivity (Wildman–Crippen MR) is 121 cm³/mol. The number of aromatic nitrogens is 1. The highest BCUT2D eigenvalue weighted by Crippen LogP contribution is 2.24. The first kappa shape index (κ1) is 24.2. The van der Waals surface area contributed by atoms with Crippen LogP contribution in [-0.4, -0.2) is 78.8 Å². The number of hydrogen-bond donors (Lipinski definition) is 0. The first-order valence-electron chi connectivity index (χ1n) is 11.3. The molecule has 0 saturated carbocycles. The summed E-state index contributed by atoms with van der Waals surface area (Å²) in [5.74, 6) is -1.25. The van der Waals surface area contributed by atoms with E-state index in [0.29, 0.717) is 17.8 Å². The van der Waals surface area contributed by atoms with Crippen LogP contribution in [-0.2, 0) is 33.7 Å². The van der Waals surface area contributed by atoms with Crippen molar-refractivity contribution in [1.29, 1.82) is 0 Å². The smallest absolute Gasteiger partial charge is 0.410 e. The lowest BCUT2D eigenvalue weighted by atomic mass is 10.1. The van der Waals surface area contributed by atoms with Crippen LogP contribution in [0.4, 0.5) is 9.18 Å². The zero-order chi connectivity index (χ0) is 24.9. The Kier molecular flexibility index (Phi) is 7.33. The van der Waals surface area contributed by atoms with Crippen LogP contribution in [0.15, 0.2) is 35.1 Å². The van der Waals surface area contributed by atoms with Gasteiger partial charge in [0.1, 0.15) is 30.3 Å². The Balaban J connectivity index is 1.53. The Labute approximate surface area is 200 Å². The molecule has 186 valence electrons. The summed E-state index contributed by atoms with van der Waals surface area (Å²) in [6.07, 6.45) is -0.0781. The molecule has 10 nitrogen and oxygen atoms in total. The third-order valence-corrected chi connectivity index (χ3v) is 6.09. The maximum Gasteiger partial charge on any atom is 0.410 e. The fourth-order valence-corrected chi connectivity index (χ4v) is 4.24. The zero-order valence-corrected chi connectivity index (χ0v) is 19.3. The molecule has 3 heterocycles. The van der Waals surface area contributed by atoms with E-state index in [1.165, 1.54) is 28.7 Å². The largest absolute Gasteiger partial charge is 0.492 e. The number of pyridine rings is 1. The molecule has 0 spiro atoms. The number of fused-ring (bicyclic) bond motifs is 1. The number of cyclic esters (lactones) is 1. The van der Waals surface area contributed by atoms with Gasteiger partial charge in [0.25, 0.3) is 5.56 Å². The highest BCUT2D eigenvalue weighted by molar-refractivity contribution is 5.93. The van der Waals surface area contributed by atoms with Crippen molar-refractivity contribution in [2.24, 2.45) is 0 Å². The van der Waals surface area contributed by atoms with Crippen molar-refractivity contribution in [3.05, 3.63) is 63.3 Å². The average Bonchev–Trinajstić information content (AvgIpc) is 3.11. The molecule has 2 amide bonds. The summed E-state index contributed by atoms with van der Waals surface area (Å²) in [6.45, 7) is 1.17. The summed E-state index contributed by atoms with van der Waals surface area (Å²) < 4.78 is 30.9.